The zero-order valence-electron chi connectivity index (χ0n) is 11.7. The van der Waals surface area contributed by atoms with Crippen LogP contribution in [0.5, 0.6) is 0 Å². The summed E-state index contributed by atoms with van der Waals surface area (Å²) in [5.74, 6) is -0.191. The largest absolute Gasteiger partial charge is 0.370 e. The molecule has 106 valence electrons. The maximum atomic E-state index is 13.8. The molecule has 2 atom stereocenters. The van der Waals surface area contributed by atoms with E-state index >= 15 is 0 Å². The molecule has 1 saturated heterocycles. The van der Waals surface area contributed by atoms with Crippen LogP contribution < -0.4 is 5.32 Å². The molecule has 0 aliphatic carbocycles. The molecule has 0 aromatic heterocycles. The summed E-state index contributed by atoms with van der Waals surface area (Å²) < 4.78 is 33.1. The van der Waals surface area contributed by atoms with Crippen molar-refractivity contribution in [3.8, 4) is 0 Å². The summed E-state index contributed by atoms with van der Waals surface area (Å²) in [5.41, 5.74) is 0.626. The first-order valence-electron chi connectivity index (χ1n) is 6.78. The second-order valence-electron chi connectivity index (χ2n) is 5.68. The maximum Gasteiger partial charge on any atom is 0.129 e. The SMILES string of the molecule is Cc1cc(F)c(C2CNC(CC(C)C)CO2)cc1F. The topological polar surface area (TPSA) is 21.3 Å². The summed E-state index contributed by atoms with van der Waals surface area (Å²) in [4.78, 5) is 0. The summed E-state index contributed by atoms with van der Waals surface area (Å²) in [6.07, 6.45) is 0.621. The van der Waals surface area contributed by atoms with Crippen molar-refractivity contribution in [1.82, 2.24) is 5.32 Å². The zero-order chi connectivity index (χ0) is 14.0. The number of benzene rings is 1. The molecular weight excluding hydrogens is 248 g/mol. The number of halogens is 2. The third-order valence-corrected chi connectivity index (χ3v) is 3.47. The van der Waals surface area contributed by atoms with Gasteiger partial charge in [0.2, 0.25) is 0 Å². The number of hydrogen-bond donors (Lipinski definition) is 1. The van der Waals surface area contributed by atoms with Gasteiger partial charge in [-0.05, 0) is 37.0 Å². The van der Waals surface area contributed by atoms with Crippen molar-refractivity contribution in [2.24, 2.45) is 5.92 Å². The van der Waals surface area contributed by atoms with Gasteiger partial charge in [0, 0.05) is 18.2 Å². The predicted octanol–water partition coefficient (Wildman–Crippen LogP) is 3.35. The Balaban J connectivity index is 2.03. The second-order valence-corrected chi connectivity index (χ2v) is 5.68. The van der Waals surface area contributed by atoms with Crippen molar-refractivity contribution in [3.05, 3.63) is 34.9 Å². The third kappa shape index (κ3) is 3.51. The van der Waals surface area contributed by atoms with Crippen LogP contribution in [0.2, 0.25) is 0 Å². The molecule has 1 aromatic carbocycles. The van der Waals surface area contributed by atoms with Crippen molar-refractivity contribution in [2.75, 3.05) is 13.2 Å². The van der Waals surface area contributed by atoms with E-state index in [-0.39, 0.29) is 5.82 Å². The molecule has 0 saturated carbocycles. The molecule has 1 aliphatic heterocycles. The Morgan fingerprint density at radius 3 is 2.63 bits per heavy atom. The van der Waals surface area contributed by atoms with E-state index in [0.717, 1.165) is 6.42 Å². The van der Waals surface area contributed by atoms with Crippen LogP contribution in [0, 0.1) is 24.5 Å². The van der Waals surface area contributed by atoms with E-state index in [2.05, 4.69) is 19.2 Å². The van der Waals surface area contributed by atoms with Crippen molar-refractivity contribution in [2.45, 2.75) is 39.3 Å². The van der Waals surface area contributed by atoms with Crippen LogP contribution in [0.1, 0.15) is 37.5 Å². The standard InChI is InChI=1S/C15H21F2NO/c1-9(2)4-11-8-19-15(7-18-11)12-6-13(16)10(3)5-14(12)17/h5-6,9,11,15,18H,4,7-8H2,1-3H3. The van der Waals surface area contributed by atoms with E-state index in [1.807, 2.05) is 0 Å². The monoisotopic (exact) mass is 269 g/mol. The van der Waals surface area contributed by atoms with Gasteiger partial charge in [-0.2, -0.15) is 0 Å². The van der Waals surface area contributed by atoms with Crippen LogP contribution in [0.4, 0.5) is 8.78 Å². The zero-order valence-corrected chi connectivity index (χ0v) is 11.7. The van der Waals surface area contributed by atoms with Gasteiger partial charge in [-0.3, -0.25) is 0 Å². The number of ether oxygens (including phenoxy) is 1. The number of rotatable bonds is 3. The minimum absolute atomic E-state index is 0.301. The van der Waals surface area contributed by atoms with Gasteiger partial charge in [0.1, 0.15) is 11.6 Å². The molecule has 0 radical (unpaired) electrons. The first-order chi connectivity index (χ1) is 8.97. The van der Waals surface area contributed by atoms with Gasteiger partial charge >= 0.3 is 0 Å². The Hall–Kier alpha value is -1.00. The minimum atomic E-state index is -0.404. The fourth-order valence-corrected chi connectivity index (χ4v) is 2.45. The summed E-state index contributed by atoms with van der Waals surface area (Å²) in [6.45, 7) is 6.93. The molecular formula is C15H21F2NO. The van der Waals surface area contributed by atoms with E-state index in [4.69, 9.17) is 4.74 Å². The van der Waals surface area contributed by atoms with E-state index in [1.165, 1.54) is 12.1 Å². The van der Waals surface area contributed by atoms with Gasteiger partial charge in [0.05, 0.1) is 12.7 Å². The summed E-state index contributed by atoms with van der Waals surface area (Å²) in [6, 6.07) is 2.78. The highest BCUT2D eigenvalue weighted by molar-refractivity contribution is 5.27. The fourth-order valence-electron chi connectivity index (χ4n) is 2.45. The highest BCUT2D eigenvalue weighted by Gasteiger charge is 2.25. The Morgan fingerprint density at radius 1 is 1.32 bits per heavy atom. The third-order valence-electron chi connectivity index (χ3n) is 3.47. The van der Waals surface area contributed by atoms with Gasteiger partial charge in [-0.15, -0.1) is 0 Å². The van der Waals surface area contributed by atoms with Crippen LogP contribution in [-0.2, 0) is 4.74 Å². The van der Waals surface area contributed by atoms with Crippen molar-refractivity contribution in [3.63, 3.8) is 0 Å². The quantitative estimate of drug-likeness (QED) is 0.908. The molecule has 2 rings (SSSR count). The molecule has 1 aromatic rings. The van der Waals surface area contributed by atoms with Crippen LogP contribution in [0.25, 0.3) is 0 Å². The van der Waals surface area contributed by atoms with Gasteiger partial charge < -0.3 is 10.1 Å². The van der Waals surface area contributed by atoms with E-state index in [9.17, 15) is 8.78 Å². The molecule has 0 bridgehead atoms. The minimum Gasteiger partial charge on any atom is -0.370 e. The van der Waals surface area contributed by atoms with Crippen LogP contribution in [-0.4, -0.2) is 19.2 Å². The molecule has 19 heavy (non-hydrogen) atoms. The van der Waals surface area contributed by atoms with Crippen LogP contribution >= 0.6 is 0 Å². The molecule has 4 heteroatoms. The Morgan fingerprint density at radius 2 is 2.05 bits per heavy atom. The first kappa shape index (κ1) is 14.4. The Kier molecular flexibility index (Phi) is 4.53. The molecule has 1 fully saturated rings. The molecule has 0 spiro atoms. The molecule has 1 heterocycles. The maximum absolute atomic E-state index is 13.8. The number of aryl methyl sites for hydroxylation is 1. The van der Waals surface area contributed by atoms with Crippen LogP contribution in [0.3, 0.4) is 0 Å². The van der Waals surface area contributed by atoms with Crippen LogP contribution in [0.15, 0.2) is 12.1 Å². The number of morpholine rings is 1. The molecule has 2 nitrogen and oxygen atoms in total. The van der Waals surface area contributed by atoms with E-state index in [1.54, 1.807) is 6.92 Å². The molecule has 2 unspecified atom stereocenters. The van der Waals surface area contributed by atoms with Crippen molar-refractivity contribution >= 4 is 0 Å². The summed E-state index contributed by atoms with van der Waals surface area (Å²) >= 11 is 0. The Labute approximate surface area is 113 Å². The lowest BCUT2D eigenvalue weighted by molar-refractivity contribution is -0.00328. The number of hydrogen-bond acceptors (Lipinski definition) is 2. The average molecular weight is 269 g/mol. The number of nitrogens with one attached hydrogen (secondary N) is 1. The van der Waals surface area contributed by atoms with Crippen molar-refractivity contribution < 1.29 is 13.5 Å². The fraction of sp³-hybridized carbons (Fsp3) is 0.600. The van der Waals surface area contributed by atoms with Gasteiger partial charge in [0.25, 0.3) is 0 Å². The molecule has 1 N–H and O–H groups in total. The lowest BCUT2D eigenvalue weighted by Crippen LogP contribution is -2.43. The highest BCUT2D eigenvalue weighted by Crippen LogP contribution is 2.26. The van der Waals surface area contributed by atoms with Gasteiger partial charge in [-0.1, -0.05) is 13.8 Å². The van der Waals surface area contributed by atoms with Gasteiger partial charge in [0.15, 0.2) is 0 Å². The lowest BCUT2D eigenvalue weighted by Gasteiger charge is -2.31. The normalized spacial score (nSPS) is 23.9. The molecule has 0 amide bonds. The second kappa shape index (κ2) is 5.97. The van der Waals surface area contributed by atoms with Crippen molar-refractivity contribution in [1.29, 1.82) is 0 Å². The van der Waals surface area contributed by atoms with Gasteiger partial charge in [-0.25, -0.2) is 8.78 Å². The highest BCUT2D eigenvalue weighted by atomic mass is 19.1. The first-order valence-corrected chi connectivity index (χ1v) is 6.78. The smallest absolute Gasteiger partial charge is 0.129 e. The molecule has 1 aliphatic rings. The van der Waals surface area contributed by atoms with E-state index in [0.29, 0.717) is 36.2 Å². The predicted molar refractivity (Wildman–Crippen MR) is 71.0 cm³/mol. The summed E-state index contributed by atoms with van der Waals surface area (Å²) in [7, 11) is 0. The lowest BCUT2D eigenvalue weighted by atomic mass is 10.0. The average Bonchev–Trinajstić information content (AvgIpc) is 2.34. The Bertz CT molecular complexity index is 440. The van der Waals surface area contributed by atoms with E-state index < -0.39 is 11.9 Å². The summed E-state index contributed by atoms with van der Waals surface area (Å²) in [5, 5.41) is 3.35.